The fraction of sp³-hybridized carbons (Fsp3) is 0.588. The van der Waals surface area contributed by atoms with E-state index in [9.17, 15) is 5.11 Å². The first-order chi connectivity index (χ1) is 10.7. The van der Waals surface area contributed by atoms with Gasteiger partial charge in [-0.25, -0.2) is 4.98 Å². The standard InChI is InChI=1S/C17H26N4O/c1-14-3-10-21-15(13-19-17(21)11-14)12-18-6-2-7-20-8-4-16(22)5-9-20/h3,10-11,13,16,18,22H,2,4-9,12H2,1H3. The highest BCUT2D eigenvalue weighted by molar-refractivity contribution is 5.42. The number of piperidine rings is 1. The number of fused-ring (bicyclic) bond motifs is 1. The molecule has 5 nitrogen and oxygen atoms in total. The van der Waals surface area contributed by atoms with Crippen molar-refractivity contribution in [3.05, 3.63) is 35.8 Å². The van der Waals surface area contributed by atoms with Gasteiger partial charge in [-0.3, -0.25) is 0 Å². The second-order valence-corrected chi connectivity index (χ2v) is 6.28. The Hall–Kier alpha value is -1.43. The smallest absolute Gasteiger partial charge is 0.137 e. The molecule has 0 saturated carbocycles. The SMILES string of the molecule is Cc1ccn2c(CNCCCN3CCC(O)CC3)cnc2c1. The summed E-state index contributed by atoms with van der Waals surface area (Å²) >= 11 is 0. The van der Waals surface area contributed by atoms with E-state index in [1.807, 2.05) is 6.20 Å². The van der Waals surface area contributed by atoms with Crippen molar-refractivity contribution in [3.63, 3.8) is 0 Å². The average molecular weight is 302 g/mol. The fourth-order valence-corrected chi connectivity index (χ4v) is 3.05. The minimum Gasteiger partial charge on any atom is -0.393 e. The van der Waals surface area contributed by atoms with E-state index in [1.54, 1.807) is 0 Å². The van der Waals surface area contributed by atoms with Crippen LogP contribution in [0.5, 0.6) is 0 Å². The molecule has 0 aliphatic carbocycles. The summed E-state index contributed by atoms with van der Waals surface area (Å²) in [7, 11) is 0. The lowest BCUT2D eigenvalue weighted by Gasteiger charge is -2.29. The Balaban J connectivity index is 1.39. The lowest BCUT2D eigenvalue weighted by Crippen LogP contribution is -2.37. The summed E-state index contributed by atoms with van der Waals surface area (Å²) in [6, 6.07) is 4.22. The van der Waals surface area contributed by atoms with Crippen LogP contribution in [0.1, 0.15) is 30.5 Å². The van der Waals surface area contributed by atoms with E-state index in [1.165, 1.54) is 11.3 Å². The van der Waals surface area contributed by atoms with Gasteiger partial charge in [-0.05, 0) is 57.0 Å². The molecule has 0 spiro atoms. The molecule has 0 aromatic carbocycles. The molecule has 3 rings (SSSR count). The van der Waals surface area contributed by atoms with Gasteiger partial charge < -0.3 is 19.7 Å². The van der Waals surface area contributed by atoms with Gasteiger partial charge in [-0.1, -0.05) is 0 Å². The predicted octanol–water partition coefficient (Wildman–Crippen LogP) is 1.58. The van der Waals surface area contributed by atoms with Gasteiger partial charge in [0, 0.05) is 25.8 Å². The summed E-state index contributed by atoms with van der Waals surface area (Å²) in [6.45, 7) is 7.14. The normalized spacial score (nSPS) is 17.4. The van der Waals surface area contributed by atoms with Crippen molar-refractivity contribution in [2.24, 2.45) is 0 Å². The number of aromatic nitrogens is 2. The van der Waals surface area contributed by atoms with E-state index in [0.717, 1.165) is 57.6 Å². The Kier molecular flexibility index (Phi) is 5.08. The summed E-state index contributed by atoms with van der Waals surface area (Å²) < 4.78 is 2.14. The topological polar surface area (TPSA) is 52.8 Å². The molecule has 5 heteroatoms. The quantitative estimate of drug-likeness (QED) is 0.796. The van der Waals surface area contributed by atoms with E-state index in [0.29, 0.717) is 0 Å². The first kappa shape index (κ1) is 15.5. The van der Waals surface area contributed by atoms with Gasteiger partial charge in [-0.2, -0.15) is 0 Å². The molecule has 22 heavy (non-hydrogen) atoms. The van der Waals surface area contributed by atoms with Crippen LogP contribution >= 0.6 is 0 Å². The van der Waals surface area contributed by atoms with Crippen LogP contribution in [0.25, 0.3) is 5.65 Å². The number of rotatable bonds is 6. The molecule has 120 valence electrons. The van der Waals surface area contributed by atoms with Crippen molar-refractivity contribution >= 4 is 5.65 Å². The van der Waals surface area contributed by atoms with E-state index < -0.39 is 0 Å². The van der Waals surface area contributed by atoms with Crippen LogP contribution < -0.4 is 5.32 Å². The molecule has 2 N–H and O–H groups in total. The predicted molar refractivity (Wildman–Crippen MR) is 87.9 cm³/mol. The third kappa shape index (κ3) is 3.85. The maximum absolute atomic E-state index is 9.50. The number of hydrogen-bond donors (Lipinski definition) is 2. The largest absolute Gasteiger partial charge is 0.393 e. The minimum absolute atomic E-state index is 0.0758. The number of pyridine rings is 1. The first-order valence-corrected chi connectivity index (χ1v) is 8.26. The van der Waals surface area contributed by atoms with Crippen LogP contribution in [0.3, 0.4) is 0 Å². The molecule has 0 radical (unpaired) electrons. The van der Waals surface area contributed by atoms with Crippen molar-refractivity contribution in [1.82, 2.24) is 19.6 Å². The van der Waals surface area contributed by atoms with Gasteiger partial charge in [0.05, 0.1) is 18.0 Å². The molecule has 1 aliphatic rings. The lowest BCUT2D eigenvalue weighted by molar-refractivity contribution is 0.0821. The molecule has 1 fully saturated rings. The third-order valence-electron chi connectivity index (χ3n) is 4.44. The second-order valence-electron chi connectivity index (χ2n) is 6.28. The molecular formula is C17H26N4O. The van der Waals surface area contributed by atoms with Gasteiger partial charge in [0.15, 0.2) is 0 Å². The number of nitrogens with one attached hydrogen (secondary N) is 1. The molecule has 0 unspecified atom stereocenters. The highest BCUT2D eigenvalue weighted by Gasteiger charge is 2.15. The Morgan fingerprint density at radius 2 is 2.18 bits per heavy atom. The van der Waals surface area contributed by atoms with Gasteiger partial charge >= 0.3 is 0 Å². The number of likely N-dealkylation sites (tertiary alicyclic amines) is 1. The monoisotopic (exact) mass is 302 g/mol. The Labute approximate surface area is 132 Å². The summed E-state index contributed by atoms with van der Waals surface area (Å²) in [5, 5.41) is 13.0. The summed E-state index contributed by atoms with van der Waals surface area (Å²) in [5.41, 5.74) is 3.46. The molecule has 2 aromatic rings. The number of nitrogens with zero attached hydrogens (tertiary/aromatic N) is 3. The molecule has 1 aliphatic heterocycles. The number of aliphatic hydroxyl groups excluding tert-OH is 1. The molecule has 1 saturated heterocycles. The van der Waals surface area contributed by atoms with E-state index >= 15 is 0 Å². The van der Waals surface area contributed by atoms with Crippen molar-refractivity contribution < 1.29 is 5.11 Å². The third-order valence-corrected chi connectivity index (χ3v) is 4.44. The minimum atomic E-state index is -0.0758. The highest BCUT2D eigenvalue weighted by Crippen LogP contribution is 2.10. The first-order valence-electron chi connectivity index (χ1n) is 8.26. The zero-order valence-electron chi connectivity index (χ0n) is 13.3. The molecule has 3 heterocycles. The van der Waals surface area contributed by atoms with E-state index in [-0.39, 0.29) is 6.10 Å². The maximum atomic E-state index is 9.50. The number of aryl methyl sites for hydroxylation is 1. The molecule has 0 atom stereocenters. The summed E-state index contributed by atoms with van der Waals surface area (Å²) in [5.74, 6) is 0. The van der Waals surface area contributed by atoms with Crippen LogP contribution in [-0.2, 0) is 6.54 Å². The highest BCUT2D eigenvalue weighted by atomic mass is 16.3. The van der Waals surface area contributed by atoms with Crippen LogP contribution in [0, 0.1) is 6.92 Å². The van der Waals surface area contributed by atoms with Crippen molar-refractivity contribution in [1.29, 1.82) is 0 Å². The van der Waals surface area contributed by atoms with Crippen molar-refractivity contribution in [3.8, 4) is 0 Å². The number of aliphatic hydroxyl groups is 1. The van der Waals surface area contributed by atoms with E-state index in [2.05, 4.69) is 44.9 Å². The van der Waals surface area contributed by atoms with E-state index in [4.69, 9.17) is 0 Å². The van der Waals surface area contributed by atoms with Crippen LogP contribution in [0.4, 0.5) is 0 Å². The second kappa shape index (κ2) is 7.22. The molecule has 2 aromatic heterocycles. The van der Waals surface area contributed by atoms with Crippen molar-refractivity contribution in [2.45, 2.75) is 38.8 Å². The molecule has 0 bridgehead atoms. The zero-order valence-corrected chi connectivity index (χ0v) is 13.3. The van der Waals surface area contributed by atoms with Gasteiger partial charge in [0.2, 0.25) is 0 Å². The molecule has 0 amide bonds. The van der Waals surface area contributed by atoms with Crippen LogP contribution in [-0.4, -0.2) is 51.7 Å². The Morgan fingerprint density at radius 3 is 3.00 bits per heavy atom. The summed E-state index contributed by atoms with van der Waals surface area (Å²) in [4.78, 5) is 6.90. The average Bonchev–Trinajstić information content (AvgIpc) is 2.91. The van der Waals surface area contributed by atoms with Gasteiger partial charge in [0.1, 0.15) is 5.65 Å². The zero-order chi connectivity index (χ0) is 15.4. The summed E-state index contributed by atoms with van der Waals surface area (Å²) in [6.07, 6.45) is 6.96. The number of imidazole rings is 1. The molecular weight excluding hydrogens is 276 g/mol. The Morgan fingerprint density at radius 1 is 1.36 bits per heavy atom. The van der Waals surface area contributed by atoms with Crippen LogP contribution in [0.2, 0.25) is 0 Å². The van der Waals surface area contributed by atoms with Crippen LogP contribution in [0.15, 0.2) is 24.5 Å². The lowest BCUT2D eigenvalue weighted by atomic mass is 10.1. The van der Waals surface area contributed by atoms with Gasteiger partial charge in [-0.15, -0.1) is 0 Å². The number of hydrogen-bond acceptors (Lipinski definition) is 4. The van der Waals surface area contributed by atoms with Gasteiger partial charge in [0.25, 0.3) is 0 Å². The van der Waals surface area contributed by atoms with Crippen molar-refractivity contribution in [2.75, 3.05) is 26.2 Å². The maximum Gasteiger partial charge on any atom is 0.137 e. The Bertz CT molecular complexity index is 602. The fourth-order valence-electron chi connectivity index (χ4n) is 3.05.